The second kappa shape index (κ2) is 53.7. The van der Waals surface area contributed by atoms with Crippen molar-refractivity contribution in [3.63, 3.8) is 0 Å². The minimum atomic E-state index is -1.53. The van der Waals surface area contributed by atoms with Gasteiger partial charge in [-0.05, 0) is 96.3 Å². The number of aliphatic carboxylic acids is 1. The van der Waals surface area contributed by atoms with Gasteiger partial charge in [-0.2, -0.15) is 0 Å². The summed E-state index contributed by atoms with van der Waals surface area (Å²) in [6, 6.07) is 0. The van der Waals surface area contributed by atoms with E-state index in [1.54, 1.807) is 0 Å². The number of hydrogen-bond acceptors (Lipinski definition) is 7. The van der Waals surface area contributed by atoms with Crippen molar-refractivity contribution in [2.45, 2.75) is 206 Å². The molecule has 0 aliphatic rings. The Hall–Kier alpha value is -4.57. The van der Waals surface area contributed by atoms with Crippen molar-refractivity contribution in [1.82, 2.24) is 0 Å². The fraction of sp³-hybridized carbons (Fsp3) is 0.609. The molecule has 73 heavy (non-hydrogen) atoms. The van der Waals surface area contributed by atoms with E-state index in [1.165, 1.54) is 51.4 Å². The minimum Gasteiger partial charge on any atom is -0.477 e. The van der Waals surface area contributed by atoms with Gasteiger partial charge in [0.15, 0.2) is 6.10 Å². The number of ether oxygens (including phenoxy) is 4. The average molecular weight is 1020 g/mol. The fourth-order valence-corrected chi connectivity index (χ4v) is 7.07. The maximum absolute atomic E-state index is 12.8. The molecule has 1 N–H and O–H groups in total. The van der Waals surface area contributed by atoms with Crippen LogP contribution in [0.2, 0.25) is 0 Å². The predicted molar refractivity (Wildman–Crippen MR) is 308 cm³/mol. The number of rotatable bonds is 50. The summed E-state index contributed by atoms with van der Waals surface area (Å²) in [6.45, 7) is 4.68. The second-order valence-corrected chi connectivity index (χ2v) is 19.5. The van der Waals surface area contributed by atoms with E-state index in [0.29, 0.717) is 17.4 Å². The normalized spacial score (nSPS) is 13.8. The van der Waals surface area contributed by atoms with Crippen molar-refractivity contribution < 1.29 is 42.9 Å². The molecule has 0 heterocycles. The highest BCUT2D eigenvalue weighted by atomic mass is 16.7. The maximum atomic E-state index is 12.8. The van der Waals surface area contributed by atoms with Crippen molar-refractivity contribution in [1.29, 1.82) is 0 Å². The number of quaternary nitrogens is 1. The quantitative estimate of drug-likeness (QED) is 0.0211. The Morgan fingerprint density at radius 1 is 0.425 bits per heavy atom. The largest absolute Gasteiger partial charge is 0.477 e. The van der Waals surface area contributed by atoms with Crippen molar-refractivity contribution in [3.05, 3.63) is 134 Å². The van der Waals surface area contributed by atoms with Gasteiger partial charge in [0.25, 0.3) is 6.29 Å². The topological polar surface area (TPSA) is 108 Å². The van der Waals surface area contributed by atoms with Crippen LogP contribution in [-0.2, 0) is 33.3 Å². The van der Waals surface area contributed by atoms with Gasteiger partial charge in [-0.3, -0.25) is 9.59 Å². The van der Waals surface area contributed by atoms with Gasteiger partial charge in [0.05, 0.1) is 34.4 Å². The Balaban J connectivity index is 4.28. The zero-order valence-corrected chi connectivity index (χ0v) is 46.7. The lowest BCUT2D eigenvalue weighted by Crippen LogP contribution is -2.40. The summed E-state index contributed by atoms with van der Waals surface area (Å²) in [5, 5.41) is 9.67. The Morgan fingerprint density at radius 3 is 1.16 bits per heavy atom. The van der Waals surface area contributed by atoms with Gasteiger partial charge in [0, 0.05) is 12.8 Å². The lowest BCUT2D eigenvalue weighted by molar-refractivity contribution is -0.870. The lowest BCUT2D eigenvalue weighted by Gasteiger charge is -2.25. The number of allylic oxidation sites excluding steroid dienone is 22. The van der Waals surface area contributed by atoms with E-state index < -0.39 is 24.3 Å². The molecule has 0 aliphatic carbocycles. The third-order valence-corrected chi connectivity index (χ3v) is 11.4. The number of carboxylic acid groups (broad SMARTS) is 1. The average Bonchev–Trinajstić information content (AvgIpc) is 3.36. The van der Waals surface area contributed by atoms with Gasteiger partial charge in [-0.1, -0.05) is 218 Å². The summed E-state index contributed by atoms with van der Waals surface area (Å²) in [4.78, 5) is 37.2. The fourth-order valence-electron chi connectivity index (χ4n) is 7.07. The van der Waals surface area contributed by atoms with Crippen molar-refractivity contribution >= 4 is 17.9 Å². The first-order valence-electron chi connectivity index (χ1n) is 28.3. The van der Waals surface area contributed by atoms with Gasteiger partial charge in [0.2, 0.25) is 0 Å². The van der Waals surface area contributed by atoms with E-state index in [2.05, 4.69) is 148 Å². The van der Waals surface area contributed by atoms with Crippen LogP contribution in [0.5, 0.6) is 0 Å². The monoisotopic (exact) mass is 1010 g/mol. The smallest absolute Gasteiger partial charge is 0.361 e. The Morgan fingerprint density at radius 2 is 0.781 bits per heavy atom. The van der Waals surface area contributed by atoms with E-state index in [0.717, 1.165) is 109 Å². The van der Waals surface area contributed by atoms with E-state index in [9.17, 15) is 19.5 Å². The molecule has 412 valence electrons. The summed E-state index contributed by atoms with van der Waals surface area (Å²) in [5.74, 6) is -2.07. The summed E-state index contributed by atoms with van der Waals surface area (Å²) in [7, 11) is 5.94. The third kappa shape index (κ3) is 55.0. The summed E-state index contributed by atoms with van der Waals surface area (Å²) in [5.41, 5.74) is 0. The maximum Gasteiger partial charge on any atom is 0.361 e. The second-order valence-electron chi connectivity index (χ2n) is 19.5. The Labute approximate surface area is 446 Å². The molecule has 0 saturated carbocycles. The van der Waals surface area contributed by atoms with Crippen LogP contribution >= 0.6 is 0 Å². The molecule has 0 radical (unpaired) electrons. The molecule has 9 nitrogen and oxygen atoms in total. The SMILES string of the molecule is CC/C=C\C/C=C\C/C=C\C/C=C\C/C=C\C/C=C\C/C=C\C/C=C\C/C=C\C/C=C\C/C=C\CCCCCC(=O)OC(COC(=O)CCCCCCCCCCCCC)COC(OCC[N+](C)(C)C)C(=O)O. The molecule has 0 rings (SSSR count). The molecule has 0 aromatic carbocycles. The zero-order valence-electron chi connectivity index (χ0n) is 46.7. The number of nitrogens with zero attached hydrogens (tertiary/aromatic N) is 1. The summed E-state index contributed by atoms with van der Waals surface area (Å²) >= 11 is 0. The van der Waals surface area contributed by atoms with Gasteiger partial charge < -0.3 is 28.5 Å². The molecule has 0 amide bonds. The zero-order chi connectivity index (χ0) is 53.4. The highest BCUT2D eigenvalue weighted by Gasteiger charge is 2.25. The first kappa shape index (κ1) is 68.4. The summed E-state index contributed by atoms with van der Waals surface area (Å²) < 4.78 is 22.7. The molecule has 0 aromatic rings. The third-order valence-electron chi connectivity index (χ3n) is 11.4. The first-order chi connectivity index (χ1) is 35.6. The van der Waals surface area contributed by atoms with Gasteiger partial charge in [0.1, 0.15) is 13.2 Å². The Bertz CT molecular complexity index is 1650. The standard InChI is InChI=1S/C64H103NO8/c1-6-8-10-12-14-16-18-19-20-21-22-23-24-25-26-27-28-29-30-31-32-33-34-35-36-37-38-39-40-41-42-43-45-47-49-51-53-55-62(67)73-60(59-72-64(63(68)69)70-57-56-65(3,4)5)58-71-61(66)54-52-50-48-46-44-17-15-13-11-9-7-2/h8,10,14,16,19-20,22-23,25-26,28-29,31-32,34-35,37-38,40-41,43,45,60,64H,6-7,9,11-13,15,17-18,21,24,27,30,33,36,39,42,44,46-59H2,1-5H3/p+1/b10-8-,16-14-,20-19-,23-22-,26-25-,29-28-,32-31-,35-34-,38-37-,41-40-,45-43-. The number of likely N-dealkylation sites (N-methyl/N-ethyl adjacent to an activating group) is 1. The van der Waals surface area contributed by atoms with Crippen molar-refractivity contribution in [2.24, 2.45) is 0 Å². The van der Waals surface area contributed by atoms with Crippen molar-refractivity contribution in [2.75, 3.05) is 47.5 Å². The van der Waals surface area contributed by atoms with Gasteiger partial charge >= 0.3 is 17.9 Å². The number of carboxylic acids is 1. The molecule has 0 saturated heterocycles. The number of carbonyl (C=O) groups is 3. The first-order valence-corrected chi connectivity index (χ1v) is 28.3. The van der Waals surface area contributed by atoms with Gasteiger partial charge in [-0.25, -0.2) is 4.79 Å². The van der Waals surface area contributed by atoms with Crippen LogP contribution in [0, 0.1) is 0 Å². The number of unbranched alkanes of at least 4 members (excludes halogenated alkanes) is 13. The van der Waals surface area contributed by atoms with E-state index in [1.807, 2.05) is 21.1 Å². The van der Waals surface area contributed by atoms with Crippen LogP contribution < -0.4 is 0 Å². The van der Waals surface area contributed by atoms with E-state index in [-0.39, 0.29) is 38.6 Å². The number of hydrogen-bond donors (Lipinski definition) is 1. The van der Waals surface area contributed by atoms with Crippen LogP contribution in [0.3, 0.4) is 0 Å². The molecule has 0 bridgehead atoms. The molecule has 0 aliphatic heterocycles. The van der Waals surface area contributed by atoms with Crippen LogP contribution in [0.25, 0.3) is 0 Å². The molecule has 2 unspecified atom stereocenters. The van der Waals surface area contributed by atoms with Gasteiger partial charge in [-0.15, -0.1) is 0 Å². The minimum absolute atomic E-state index is 0.175. The predicted octanol–water partition coefficient (Wildman–Crippen LogP) is 16.7. The molecule has 2 atom stereocenters. The molecular formula is C64H104NO8+. The highest BCUT2D eigenvalue weighted by Crippen LogP contribution is 2.14. The molecule has 0 fully saturated rings. The molecule has 0 spiro atoms. The van der Waals surface area contributed by atoms with Crippen LogP contribution in [-0.4, -0.2) is 87.4 Å². The molecular weight excluding hydrogens is 911 g/mol. The molecule has 9 heteroatoms. The van der Waals surface area contributed by atoms with Crippen LogP contribution in [0.4, 0.5) is 0 Å². The highest BCUT2D eigenvalue weighted by molar-refractivity contribution is 5.71. The lowest BCUT2D eigenvalue weighted by atomic mass is 10.1. The van der Waals surface area contributed by atoms with Crippen molar-refractivity contribution in [3.8, 4) is 0 Å². The Kier molecular flexibility index (Phi) is 50.4. The van der Waals surface area contributed by atoms with E-state index >= 15 is 0 Å². The number of carbonyl (C=O) groups excluding carboxylic acids is 2. The summed E-state index contributed by atoms with van der Waals surface area (Å²) in [6.07, 6.45) is 74.0. The molecule has 0 aromatic heterocycles. The van der Waals surface area contributed by atoms with E-state index in [4.69, 9.17) is 18.9 Å². The van der Waals surface area contributed by atoms with Crippen LogP contribution in [0.1, 0.15) is 194 Å². The number of esters is 2. The van der Waals surface area contributed by atoms with Crippen LogP contribution in [0.15, 0.2) is 134 Å².